The molecule has 0 unspecified atom stereocenters. The highest BCUT2D eigenvalue weighted by atomic mass is 16.1. The van der Waals surface area contributed by atoms with E-state index in [2.05, 4.69) is 4.98 Å². The van der Waals surface area contributed by atoms with Crippen LogP contribution in [-0.2, 0) is 11.3 Å². The van der Waals surface area contributed by atoms with Crippen molar-refractivity contribution >= 4 is 5.78 Å². The highest BCUT2D eigenvalue weighted by molar-refractivity contribution is 5.83. The maximum Gasteiger partial charge on any atom is 0.269 e. The molecule has 0 radical (unpaired) electrons. The molecule has 1 heterocycles. The molecule has 0 aliphatic heterocycles. The summed E-state index contributed by atoms with van der Waals surface area (Å²) in [5.74, 6) is 0.0331. The Balaban J connectivity index is 2.86. The summed E-state index contributed by atoms with van der Waals surface area (Å²) in [6.45, 7) is 5.62. The molecule has 14 heavy (non-hydrogen) atoms. The Hall–Kier alpha value is -1.45. The van der Waals surface area contributed by atoms with Crippen LogP contribution in [0.1, 0.15) is 20.8 Å². The molecule has 1 aromatic heterocycles. The molecule has 0 aliphatic rings. The van der Waals surface area contributed by atoms with E-state index in [4.69, 9.17) is 0 Å². The summed E-state index contributed by atoms with van der Waals surface area (Å²) in [6, 6.07) is 0. The highest BCUT2D eigenvalue weighted by Crippen LogP contribution is 2.14. The van der Waals surface area contributed by atoms with Gasteiger partial charge >= 0.3 is 0 Å². The molecule has 0 fully saturated rings. The molecule has 0 saturated heterocycles. The average molecular weight is 194 g/mol. The molecule has 4 nitrogen and oxygen atoms in total. The first-order valence-corrected chi connectivity index (χ1v) is 4.45. The number of carbonyl (C=O) groups excluding carboxylic acids is 1. The van der Waals surface area contributed by atoms with Crippen LogP contribution < -0.4 is 5.56 Å². The Kier molecular flexibility index (Phi) is 2.84. The number of hydrogen-bond donors (Lipinski definition) is 0. The van der Waals surface area contributed by atoms with Crippen molar-refractivity contribution in [2.45, 2.75) is 27.3 Å². The Morgan fingerprint density at radius 2 is 2.14 bits per heavy atom. The zero-order valence-electron chi connectivity index (χ0n) is 8.65. The SMILES string of the molecule is CC(C)(C)C(=O)Cn1ccncc1=O. The Morgan fingerprint density at radius 3 is 2.64 bits per heavy atom. The van der Waals surface area contributed by atoms with E-state index in [1.54, 1.807) is 0 Å². The van der Waals surface area contributed by atoms with Gasteiger partial charge in [0.15, 0.2) is 5.78 Å². The lowest BCUT2D eigenvalue weighted by molar-refractivity contribution is -0.126. The lowest BCUT2D eigenvalue weighted by atomic mass is 9.91. The van der Waals surface area contributed by atoms with Gasteiger partial charge in [0.25, 0.3) is 5.56 Å². The third kappa shape index (κ3) is 2.52. The van der Waals surface area contributed by atoms with E-state index in [0.717, 1.165) is 0 Å². The van der Waals surface area contributed by atoms with E-state index in [1.165, 1.54) is 23.2 Å². The molecule has 0 saturated carbocycles. The van der Waals surface area contributed by atoms with Gasteiger partial charge in [-0.05, 0) is 0 Å². The van der Waals surface area contributed by atoms with E-state index < -0.39 is 5.41 Å². The van der Waals surface area contributed by atoms with E-state index in [9.17, 15) is 9.59 Å². The zero-order valence-corrected chi connectivity index (χ0v) is 8.65. The van der Waals surface area contributed by atoms with E-state index in [0.29, 0.717) is 0 Å². The number of carbonyl (C=O) groups is 1. The smallest absolute Gasteiger partial charge is 0.269 e. The summed E-state index contributed by atoms with van der Waals surface area (Å²) in [5.41, 5.74) is -0.659. The van der Waals surface area contributed by atoms with Gasteiger partial charge in [0.2, 0.25) is 0 Å². The third-order valence-corrected chi connectivity index (χ3v) is 1.95. The van der Waals surface area contributed by atoms with Crippen molar-refractivity contribution in [1.82, 2.24) is 9.55 Å². The van der Waals surface area contributed by atoms with Crippen LogP contribution in [0.4, 0.5) is 0 Å². The summed E-state index contributed by atoms with van der Waals surface area (Å²) < 4.78 is 1.36. The van der Waals surface area contributed by atoms with Crippen molar-refractivity contribution < 1.29 is 4.79 Å². The van der Waals surface area contributed by atoms with Gasteiger partial charge in [0, 0.05) is 17.8 Å². The van der Waals surface area contributed by atoms with Gasteiger partial charge in [0.1, 0.15) is 0 Å². The molecule has 0 spiro atoms. The molecule has 0 amide bonds. The van der Waals surface area contributed by atoms with Crippen molar-refractivity contribution in [3.05, 3.63) is 28.9 Å². The minimum absolute atomic E-state index is 0.0331. The zero-order chi connectivity index (χ0) is 10.8. The van der Waals surface area contributed by atoms with Gasteiger partial charge in [0.05, 0.1) is 12.7 Å². The molecule has 0 N–H and O–H groups in total. The van der Waals surface area contributed by atoms with Crippen molar-refractivity contribution in [2.75, 3.05) is 0 Å². The van der Waals surface area contributed by atoms with Crippen LogP contribution in [-0.4, -0.2) is 15.3 Å². The Morgan fingerprint density at radius 1 is 1.50 bits per heavy atom. The number of nitrogens with zero attached hydrogens (tertiary/aromatic N) is 2. The summed E-state index contributed by atoms with van der Waals surface area (Å²) in [6.07, 6.45) is 4.22. The van der Waals surface area contributed by atoms with Gasteiger partial charge in [-0.25, -0.2) is 0 Å². The monoisotopic (exact) mass is 194 g/mol. The van der Waals surface area contributed by atoms with Crippen molar-refractivity contribution in [2.24, 2.45) is 5.41 Å². The molecule has 1 rings (SSSR count). The Labute approximate surface area is 82.6 Å². The molecule has 76 valence electrons. The lowest BCUT2D eigenvalue weighted by Gasteiger charge is -2.16. The molecular formula is C10H14N2O2. The van der Waals surface area contributed by atoms with Crippen LogP contribution >= 0.6 is 0 Å². The number of aromatic nitrogens is 2. The van der Waals surface area contributed by atoms with Gasteiger partial charge in [-0.15, -0.1) is 0 Å². The minimum atomic E-state index is -0.414. The van der Waals surface area contributed by atoms with E-state index >= 15 is 0 Å². The quantitative estimate of drug-likeness (QED) is 0.701. The largest absolute Gasteiger partial charge is 0.305 e. The lowest BCUT2D eigenvalue weighted by Crippen LogP contribution is -2.30. The first-order chi connectivity index (χ1) is 6.41. The number of Topliss-reactive ketones (excluding diaryl/α,β-unsaturated/α-hetero) is 1. The van der Waals surface area contributed by atoms with Crippen LogP contribution in [0.2, 0.25) is 0 Å². The van der Waals surface area contributed by atoms with Gasteiger partial charge in [-0.1, -0.05) is 20.8 Å². The molecule has 4 heteroatoms. The van der Waals surface area contributed by atoms with Crippen LogP contribution in [0.3, 0.4) is 0 Å². The van der Waals surface area contributed by atoms with Gasteiger partial charge < -0.3 is 4.57 Å². The first-order valence-electron chi connectivity index (χ1n) is 4.45. The first kappa shape index (κ1) is 10.6. The summed E-state index contributed by atoms with van der Waals surface area (Å²) in [5, 5.41) is 0. The summed E-state index contributed by atoms with van der Waals surface area (Å²) >= 11 is 0. The predicted molar refractivity (Wildman–Crippen MR) is 53.0 cm³/mol. The predicted octanol–water partition coefficient (Wildman–Crippen LogP) is 0.858. The normalized spacial score (nSPS) is 11.4. The molecule has 1 aromatic rings. The molecular weight excluding hydrogens is 180 g/mol. The third-order valence-electron chi connectivity index (χ3n) is 1.95. The van der Waals surface area contributed by atoms with E-state index in [1.807, 2.05) is 20.8 Å². The minimum Gasteiger partial charge on any atom is -0.305 e. The topological polar surface area (TPSA) is 52.0 Å². The maximum absolute atomic E-state index is 11.6. The fourth-order valence-corrected chi connectivity index (χ4v) is 0.896. The molecule has 0 aromatic carbocycles. The maximum atomic E-state index is 11.6. The van der Waals surface area contributed by atoms with Gasteiger partial charge in [-0.2, -0.15) is 0 Å². The summed E-state index contributed by atoms with van der Waals surface area (Å²) in [4.78, 5) is 26.5. The van der Waals surface area contributed by atoms with Crippen molar-refractivity contribution in [1.29, 1.82) is 0 Å². The molecule has 0 aliphatic carbocycles. The second-order valence-electron chi connectivity index (χ2n) is 4.22. The molecule has 0 bridgehead atoms. The van der Waals surface area contributed by atoms with Crippen LogP contribution in [0, 0.1) is 5.41 Å². The van der Waals surface area contributed by atoms with Crippen LogP contribution in [0.15, 0.2) is 23.4 Å². The van der Waals surface area contributed by atoms with Crippen LogP contribution in [0.5, 0.6) is 0 Å². The van der Waals surface area contributed by atoms with E-state index in [-0.39, 0.29) is 17.9 Å². The fourth-order valence-electron chi connectivity index (χ4n) is 0.896. The standard InChI is InChI=1S/C10H14N2O2/c1-10(2,3)8(13)7-12-5-4-11-6-9(12)14/h4-6H,7H2,1-3H3. The van der Waals surface area contributed by atoms with Crippen LogP contribution in [0.25, 0.3) is 0 Å². The van der Waals surface area contributed by atoms with Gasteiger partial charge in [-0.3, -0.25) is 14.6 Å². The number of ketones is 1. The average Bonchev–Trinajstić information content (AvgIpc) is 2.07. The van der Waals surface area contributed by atoms with Crippen molar-refractivity contribution in [3.63, 3.8) is 0 Å². The summed E-state index contributed by atoms with van der Waals surface area (Å²) in [7, 11) is 0. The molecule has 0 atom stereocenters. The number of hydrogen-bond acceptors (Lipinski definition) is 3. The number of rotatable bonds is 2. The highest BCUT2D eigenvalue weighted by Gasteiger charge is 2.21. The fraction of sp³-hybridized carbons (Fsp3) is 0.500. The Bertz CT molecular complexity index is 388. The van der Waals surface area contributed by atoms with Crippen molar-refractivity contribution in [3.8, 4) is 0 Å². The second-order valence-corrected chi connectivity index (χ2v) is 4.22. The second kappa shape index (κ2) is 3.74.